The molecule has 0 heterocycles. The van der Waals surface area contributed by atoms with Crippen molar-refractivity contribution < 1.29 is 18.0 Å². The van der Waals surface area contributed by atoms with Gasteiger partial charge >= 0.3 is 0 Å². The summed E-state index contributed by atoms with van der Waals surface area (Å²) in [5.41, 5.74) is 2.02. The van der Waals surface area contributed by atoms with Gasteiger partial charge in [0.15, 0.2) is 0 Å². The molecule has 0 bridgehead atoms. The zero-order chi connectivity index (χ0) is 29.4. The fraction of sp³-hybridized carbons (Fsp3) is 0.333. The Labute approximate surface area is 250 Å². The van der Waals surface area contributed by atoms with Crippen LogP contribution >= 0.6 is 27.5 Å². The van der Waals surface area contributed by atoms with Gasteiger partial charge in [0.25, 0.3) is 10.0 Å². The Bertz CT molecular complexity index is 1400. The highest BCUT2D eigenvalue weighted by molar-refractivity contribution is 9.10. The summed E-state index contributed by atoms with van der Waals surface area (Å²) in [6, 6.07) is 19.3. The normalized spacial score (nSPS) is 12.8. The second kappa shape index (κ2) is 14.1. The Morgan fingerprint density at radius 2 is 1.52 bits per heavy atom. The van der Waals surface area contributed by atoms with Crippen LogP contribution in [0.2, 0.25) is 5.02 Å². The molecular weight excluding hydrogens is 614 g/mol. The maximum Gasteiger partial charge on any atom is 0.264 e. The van der Waals surface area contributed by atoms with Crippen molar-refractivity contribution in [3.05, 3.63) is 93.4 Å². The van der Waals surface area contributed by atoms with Crippen molar-refractivity contribution in [2.45, 2.75) is 64.1 Å². The molecule has 10 heteroatoms. The van der Waals surface area contributed by atoms with E-state index in [0.717, 1.165) is 26.3 Å². The van der Waals surface area contributed by atoms with Crippen molar-refractivity contribution in [1.82, 2.24) is 10.2 Å². The molecule has 0 saturated carbocycles. The number of carbonyl (C=O) groups excluding carboxylic acids is 2. The molecule has 7 nitrogen and oxygen atoms in total. The fourth-order valence-electron chi connectivity index (χ4n) is 4.12. The summed E-state index contributed by atoms with van der Waals surface area (Å²) in [5.74, 6) is -0.782. The number of amides is 2. The van der Waals surface area contributed by atoms with Gasteiger partial charge in [-0.05, 0) is 80.8 Å². The number of rotatable bonds is 12. The molecular formula is C30H35BrClN3O4S. The first-order chi connectivity index (χ1) is 19.0. The largest absolute Gasteiger partial charge is 0.352 e. The molecule has 2 amide bonds. The number of nitrogens with one attached hydrogen (secondary N) is 1. The van der Waals surface area contributed by atoms with Crippen molar-refractivity contribution in [2.24, 2.45) is 0 Å². The summed E-state index contributed by atoms with van der Waals surface area (Å²) >= 11 is 9.46. The molecule has 0 aliphatic carbocycles. The van der Waals surface area contributed by atoms with Gasteiger partial charge in [-0.15, -0.1) is 0 Å². The van der Waals surface area contributed by atoms with E-state index in [1.54, 1.807) is 60.7 Å². The van der Waals surface area contributed by atoms with Crippen LogP contribution in [-0.4, -0.2) is 43.8 Å². The molecule has 0 spiro atoms. The Hall–Kier alpha value is -2.88. The van der Waals surface area contributed by atoms with Gasteiger partial charge in [-0.2, -0.15) is 0 Å². The molecule has 0 aromatic heterocycles. The molecule has 0 aliphatic heterocycles. The zero-order valence-electron chi connectivity index (χ0n) is 23.1. The van der Waals surface area contributed by atoms with Gasteiger partial charge in [0.2, 0.25) is 11.8 Å². The van der Waals surface area contributed by atoms with E-state index in [9.17, 15) is 18.0 Å². The van der Waals surface area contributed by atoms with Crippen LogP contribution in [0.5, 0.6) is 0 Å². The highest BCUT2D eigenvalue weighted by atomic mass is 79.9. The van der Waals surface area contributed by atoms with Crippen LogP contribution in [-0.2, 0) is 26.2 Å². The van der Waals surface area contributed by atoms with Crippen LogP contribution < -0.4 is 9.62 Å². The zero-order valence-corrected chi connectivity index (χ0v) is 26.3. The van der Waals surface area contributed by atoms with Crippen LogP contribution in [0.3, 0.4) is 0 Å². The van der Waals surface area contributed by atoms with Gasteiger partial charge < -0.3 is 10.2 Å². The van der Waals surface area contributed by atoms with E-state index < -0.39 is 28.5 Å². The lowest BCUT2D eigenvalue weighted by molar-refractivity contribution is -0.140. The van der Waals surface area contributed by atoms with Crippen molar-refractivity contribution >= 4 is 55.1 Å². The number of hydrogen-bond acceptors (Lipinski definition) is 4. The topological polar surface area (TPSA) is 86.8 Å². The van der Waals surface area contributed by atoms with Crippen LogP contribution in [0.25, 0.3) is 0 Å². The summed E-state index contributed by atoms with van der Waals surface area (Å²) in [4.78, 5) is 28.9. The first-order valence-corrected chi connectivity index (χ1v) is 15.8. The summed E-state index contributed by atoms with van der Waals surface area (Å²) in [6.07, 6.45) is 1.09. The highest BCUT2D eigenvalue weighted by Gasteiger charge is 2.34. The number of sulfonamides is 1. The molecule has 3 aromatic rings. The van der Waals surface area contributed by atoms with Crippen LogP contribution in [0.4, 0.5) is 5.69 Å². The number of halogens is 2. The molecule has 3 aromatic carbocycles. The van der Waals surface area contributed by atoms with Crippen molar-refractivity contribution in [1.29, 1.82) is 0 Å². The van der Waals surface area contributed by atoms with Crippen molar-refractivity contribution in [3.8, 4) is 0 Å². The first kappa shape index (κ1) is 31.6. The summed E-state index contributed by atoms with van der Waals surface area (Å²) in [6.45, 7) is 7.20. The number of hydrogen-bond donors (Lipinski definition) is 1. The van der Waals surface area contributed by atoms with Gasteiger partial charge in [0.05, 0.1) is 10.6 Å². The van der Waals surface area contributed by atoms with Gasteiger partial charge in [-0.1, -0.05) is 71.2 Å². The Morgan fingerprint density at radius 1 is 0.925 bits per heavy atom. The lowest BCUT2D eigenvalue weighted by Crippen LogP contribution is -2.53. The van der Waals surface area contributed by atoms with Crippen molar-refractivity contribution in [3.63, 3.8) is 0 Å². The third-order valence-corrected chi connectivity index (χ3v) is 9.22. The first-order valence-electron chi connectivity index (χ1n) is 13.2. The second-order valence-electron chi connectivity index (χ2n) is 9.69. The Balaban J connectivity index is 2.04. The highest BCUT2D eigenvalue weighted by Crippen LogP contribution is 2.26. The molecule has 0 aliphatic rings. The monoisotopic (exact) mass is 647 g/mol. The average molecular weight is 649 g/mol. The van der Waals surface area contributed by atoms with Crippen LogP contribution in [0, 0.1) is 6.92 Å². The molecule has 0 saturated heterocycles. The number of anilines is 1. The maximum absolute atomic E-state index is 14.1. The number of nitrogens with zero attached hydrogens (tertiary/aromatic N) is 2. The predicted octanol–water partition coefficient (Wildman–Crippen LogP) is 6.33. The van der Waals surface area contributed by atoms with E-state index in [-0.39, 0.29) is 23.4 Å². The number of aryl methyl sites for hydroxylation is 1. The molecule has 2 atom stereocenters. The molecule has 0 fully saturated rings. The molecule has 1 N–H and O–H groups in total. The lowest BCUT2D eigenvalue weighted by atomic mass is 10.1. The fourth-order valence-corrected chi connectivity index (χ4v) is 5.93. The Kier molecular flexibility index (Phi) is 11.2. The molecule has 40 heavy (non-hydrogen) atoms. The second-order valence-corrected chi connectivity index (χ2v) is 12.9. The average Bonchev–Trinajstić information content (AvgIpc) is 2.93. The molecule has 0 unspecified atom stereocenters. The SMILES string of the molecule is CC[C@@H](C)NC(=O)[C@@H](CC)N(Cc1ccc(Cl)cc1)C(=O)CN(c1ccc(Br)cc1)S(=O)(=O)c1ccc(C)cc1. The number of carbonyl (C=O) groups is 2. The van der Waals surface area contributed by atoms with E-state index >= 15 is 0 Å². The summed E-state index contributed by atoms with van der Waals surface area (Å²) < 4.78 is 29.6. The van der Waals surface area contributed by atoms with Gasteiger partial charge in [0, 0.05) is 22.1 Å². The third-order valence-electron chi connectivity index (χ3n) is 6.66. The van der Waals surface area contributed by atoms with E-state index in [2.05, 4.69) is 21.2 Å². The van der Waals surface area contributed by atoms with E-state index in [0.29, 0.717) is 17.1 Å². The van der Waals surface area contributed by atoms with E-state index in [1.807, 2.05) is 27.7 Å². The standard InChI is InChI=1S/C30H35BrClN3O4S/c1-5-22(4)33-30(37)28(6-2)34(19-23-9-13-25(32)14-10-23)29(36)20-35(26-15-11-24(31)12-16-26)40(38,39)27-17-7-21(3)8-18-27/h7-18,22,28H,5-6,19-20H2,1-4H3,(H,33,37)/t22-,28-/m1/s1. The summed E-state index contributed by atoms with van der Waals surface area (Å²) in [7, 11) is -4.11. The smallest absolute Gasteiger partial charge is 0.264 e. The van der Waals surface area contributed by atoms with Gasteiger partial charge in [-0.25, -0.2) is 8.42 Å². The maximum atomic E-state index is 14.1. The minimum atomic E-state index is -4.11. The van der Waals surface area contributed by atoms with E-state index in [4.69, 9.17) is 11.6 Å². The Morgan fingerprint density at radius 3 is 2.08 bits per heavy atom. The van der Waals surface area contributed by atoms with Crippen LogP contribution in [0.1, 0.15) is 44.7 Å². The molecule has 0 radical (unpaired) electrons. The van der Waals surface area contributed by atoms with Crippen LogP contribution in [0.15, 0.2) is 82.2 Å². The van der Waals surface area contributed by atoms with E-state index in [1.165, 1.54) is 17.0 Å². The summed E-state index contributed by atoms with van der Waals surface area (Å²) in [5, 5.41) is 3.52. The molecule has 214 valence electrons. The third kappa shape index (κ3) is 8.08. The minimum absolute atomic E-state index is 0.0691. The number of benzene rings is 3. The van der Waals surface area contributed by atoms with Crippen molar-refractivity contribution in [2.75, 3.05) is 10.8 Å². The predicted molar refractivity (Wildman–Crippen MR) is 164 cm³/mol. The van der Waals surface area contributed by atoms with Gasteiger partial charge in [0.1, 0.15) is 12.6 Å². The minimum Gasteiger partial charge on any atom is -0.352 e. The molecule has 3 rings (SSSR count). The lowest BCUT2D eigenvalue weighted by Gasteiger charge is -2.33. The van der Waals surface area contributed by atoms with Gasteiger partial charge in [-0.3, -0.25) is 13.9 Å². The quantitative estimate of drug-likeness (QED) is 0.249.